The quantitative estimate of drug-likeness (QED) is 0.621. The van der Waals surface area contributed by atoms with Crippen LogP contribution in [-0.2, 0) is 6.54 Å². The van der Waals surface area contributed by atoms with Crippen LogP contribution in [0, 0.1) is 0 Å². The van der Waals surface area contributed by atoms with E-state index in [1.807, 2.05) is 39.8 Å². The molecule has 152 valence electrons. The molecule has 0 atom stereocenters. The molecule has 0 saturated heterocycles. The van der Waals surface area contributed by atoms with Crippen molar-refractivity contribution < 1.29 is 19.0 Å². The molecule has 1 N–H and O–H groups in total. The number of benzene rings is 1. The lowest BCUT2D eigenvalue weighted by Crippen LogP contribution is -2.23. The van der Waals surface area contributed by atoms with Gasteiger partial charge in [-0.1, -0.05) is 19.9 Å². The third-order valence-corrected chi connectivity index (χ3v) is 3.77. The molecule has 1 aromatic heterocycles. The fourth-order valence-corrected chi connectivity index (χ4v) is 2.47. The standard InChI is InChI=1S/C22H30N2O4/c1-5-12-26-19-10-9-17(14-20(19)27-13-6-2)21(25)24-15-18-8-7-11-23-22(18)28-16(3)4/h7-11,14,16H,5-6,12-13,15H2,1-4H3,(H,24,25). The Morgan fingerprint density at radius 1 is 1.07 bits per heavy atom. The Morgan fingerprint density at radius 2 is 1.79 bits per heavy atom. The highest BCUT2D eigenvalue weighted by atomic mass is 16.5. The number of aromatic nitrogens is 1. The molecule has 0 aliphatic heterocycles. The Bertz CT molecular complexity index is 762. The van der Waals surface area contributed by atoms with Gasteiger partial charge in [0, 0.05) is 23.9 Å². The first-order chi connectivity index (χ1) is 13.5. The number of pyridine rings is 1. The molecule has 28 heavy (non-hydrogen) atoms. The van der Waals surface area contributed by atoms with Gasteiger partial charge in [-0.2, -0.15) is 0 Å². The van der Waals surface area contributed by atoms with E-state index in [0.717, 1.165) is 18.4 Å². The molecular weight excluding hydrogens is 356 g/mol. The second-order valence-corrected chi connectivity index (χ2v) is 6.68. The lowest BCUT2D eigenvalue weighted by molar-refractivity contribution is 0.0950. The van der Waals surface area contributed by atoms with Gasteiger partial charge in [0.15, 0.2) is 11.5 Å². The summed E-state index contributed by atoms with van der Waals surface area (Å²) in [5.41, 5.74) is 1.35. The molecule has 6 heteroatoms. The summed E-state index contributed by atoms with van der Waals surface area (Å²) in [5, 5.41) is 2.92. The van der Waals surface area contributed by atoms with Crippen LogP contribution in [0.3, 0.4) is 0 Å². The smallest absolute Gasteiger partial charge is 0.251 e. The molecule has 0 aliphatic rings. The van der Waals surface area contributed by atoms with Gasteiger partial charge in [-0.05, 0) is 51.0 Å². The Kier molecular flexibility index (Phi) is 8.59. The van der Waals surface area contributed by atoms with Crippen LogP contribution in [0.1, 0.15) is 56.5 Å². The number of carbonyl (C=O) groups excluding carboxylic acids is 1. The van der Waals surface area contributed by atoms with Crippen LogP contribution in [0.5, 0.6) is 17.4 Å². The Hall–Kier alpha value is -2.76. The van der Waals surface area contributed by atoms with Gasteiger partial charge < -0.3 is 19.5 Å². The topological polar surface area (TPSA) is 69.7 Å². The molecule has 6 nitrogen and oxygen atoms in total. The average molecular weight is 386 g/mol. The summed E-state index contributed by atoms with van der Waals surface area (Å²) in [4.78, 5) is 16.9. The SMILES string of the molecule is CCCOc1ccc(C(=O)NCc2cccnc2OC(C)C)cc1OCCC. The summed E-state index contributed by atoms with van der Waals surface area (Å²) in [6.07, 6.45) is 3.47. The van der Waals surface area contributed by atoms with Gasteiger partial charge in [0.2, 0.25) is 5.88 Å². The molecule has 1 aromatic carbocycles. The highest BCUT2D eigenvalue weighted by Gasteiger charge is 2.13. The first-order valence-corrected chi connectivity index (χ1v) is 9.83. The fraction of sp³-hybridized carbons (Fsp3) is 0.455. The molecule has 0 saturated carbocycles. The molecule has 0 aliphatic carbocycles. The molecule has 1 heterocycles. The monoisotopic (exact) mass is 386 g/mol. The summed E-state index contributed by atoms with van der Waals surface area (Å²) in [5.74, 6) is 1.59. The van der Waals surface area contributed by atoms with Gasteiger partial charge >= 0.3 is 0 Å². The van der Waals surface area contributed by atoms with E-state index >= 15 is 0 Å². The predicted octanol–water partition coefficient (Wildman–Crippen LogP) is 4.38. The number of ether oxygens (including phenoxy) is 3. The van der Waals surface area contributed by atoms with Crippen molar-refractivity contribution in [2.75, 3.05) is 13.2 Å². The minimum Gasteiger partial charge on any atom is -0.490 e. The molecular formula is C22H30N2O4. The van der Waals surface area contributed by atoms with E-state index in [9.17, 15) is 4.79 Å². The van der Waals surface area contributed by atoms with Crippen molar-refractivity contribution in [1.82, 2.24) is 10.3 Å². The van der Waals surface area contributed by atoms with Gasteiger partial charge in [-0.3, -0.25) is 4.79 Å². The fourth-order valence-electron chi connectivity index (χ4n) is 2.47. The van der Waals surface area contributed by atoms with E-state index in [4.69, 9.17) is 14.2 Å². The minimum absolute atomic E-state index is 0.0123. The zero-order valence-corrected chi connectivity index (χ0v) is 17.2. The summed E-state index contributed by atoms with van der Waals surface area (Å²) >= 11 is 0. The van der Waals surface area contributed by atoms with Gasteiger partial charge in [-0.15, -0.1) is 0 Å². The maximum absolute atomic E-state index is 12.6. The molecule has 0 fully saturated rings. The van der Waals surface area contributed by atoms with Crippen molar-refractivity contribution in [2.45, 2.75) is 53.2 Å². The van der Waals surface area contributed by atoms with Gasteiger partial charge in [-0.25, -0.2) is 4.98 Å². The van der Waals surface area contributed by atoms with Crippen molar-refractivity contribution in [3.8, 4) is 17.4 Å². The number of nitrogens with one attached hydrogen (secondary N) is 1. The highest BCUT2D eigenvalue weighted by Crippen LogP contribution is 2.29. The summed E-state index contributed by atoms with van der Waals surface area (Å²) < 4.78 is 17.2. The van der Waals surface area contributed by atoms with Gasteiger partial charge in [0.1, 0.15) is 0 Å². The van der Waals surface area contributed by atoms with Crippen molar-refractivity contribution >= 4 is 5.91 Å². The number of hydrogen-bond acceptors (Lipinski definition) is 5. The van der Waals surface area contributed by atoms with Crippen LogP contribution in [-0.4, -0.2) is 30.2 Å². The van der Waals surface area contributed by atoms with Crippen LogP contribution in [0.2, 0.25) is 0 Å². The summed E-state index contributed by atoms with van der Waals surface area (Å²) in [7, 11) is 0. The molecule has 1 amide bonds. The van der Waals surface area contributed by atoms with Crippen molar-refractivity contribution in [1.29, 1.82) is 0 Å². The largest absolute Gasteiger partial charge is 0.490 e. The van der Waals surface area contributed by atoms with E-state index in [2.05, 4.69) is 10.3 Å². The summed E-state index contributed by atoms with van der Waals surface area (Å²) in [6.45, 7) is 9.47. The van der Waals surface area contributed by atoms with Crippen molar-refractivity contribution in [2.24, 2.45) is 0 Å². The minimum atomic E-state index is -0.192. The Morgan fingerprint density at radius 3 is 2.46 bits per heavy atom. The molecule has 0 radical (unpaired) electrons. The Balaban J connectivity index is 2.09. The lowest BCUT2D eigenvalue weighted by atomic mass is 10.1. The zero-order chi connectivity index (χ0) is 20.4. The van der Waals surface area contributed by atoms with Crippen LogP contribution >= 0.6 is 0 Å². The lowest BCUT2D eigenvalue weighted by Gasteiger charge is -2.15. The van der Waals surface area contributed by atoms with Crippen molar-refractivity contribution in [3.05, 3.63) is 47.7 Å². The van der Waals surface area contributed by atoms with Crippen molar-refractivity contribution in [3.63, 3.8) is 0 Å². The van der Waals surface area contributed by atoms with Crippen LogP contribution in [0.15, 0.2) is 36.5 Å². The first kappa shape index (κ1) is 21.5. The number of carbonyl (C=O) groups is 1. The number of amides is 1. The van der Waals surface area contributed by atoms with E-state index < -0.39 is 0 Å². The van der Waals surface area contributed by atoms with Gasteiger partial charge in [0.05, 0.1) is 19.3 Å². The third-order valence-electron chi connectivity index (χ3n) is 3.77. The van der Waals surface area contributed by atoms with E-state index in [1.54, 1.807) is 24.4 Å². The summed E-state index contributed by atoms with van der Waals surface area (Å²) in [6, 6.07) is 8.97. The zero-order valence-electron chi connectivity index (χ0n) is 17.2. The Labute approximate surface area is 167 Å². The number of nitrogens with zero attached hydrogens (tertiary/aromatic N) is 1. The molecule has 2 aromatic rings. The van der Waals surface area contributed by atoms with E-state index in [-0.39, 0.29) is 12.0 Å². The van der Waals surface area contributed by atoms with Gasteiger partial charge in [0.25, 0.3) is 5.91 Å². The highest BCUT2D eigenvalue weighted by molar-refractivity contribution is 5.94. The van der Waals surface area contributed by atoms with E-state index in [0.29, 0.717) is 42.7 Å². The second-order valence-electron chi connectivity index (χ2n) is 6.68. The third kappa shape index (κ3) is 6.44. The number of hydrogen-bond donors (Lipinski definition) is 1. The maximum atomic E-state index is 12.6. The second kappa shape index (κ2) is 11.2. The predicted molar refractivity (Wildman–Crippen MR) is 109 cm³/mol. The molecule has 2 rings (SSSR count). The van der Waals surface area contributed by atoms with Crippen LogP contribution in [0.4, 0.5) is 0 Å². The number of rotatable bonds is 11. The molecule has 0 unspecified atom stereocenters. The van der Waals surface area contributed by atoms with E-state index in [1.165, 1.54) is 0 Å². The van der Waals surface area contributed by atoms with Crippen LogP contribution in [0.25, 0.3) is 0 Å². The molecule has 0 bridgehead atoms. The molecule has 0 spiro atoms. The maximum Gasteiger partial charge on any atom is 0.251 e. The first-order valence-electron chi connectivity index (χ1n) is 9.83. The van der Waals surface area contributed by atoms with Crippen LogP contribution < -0.4 is 19.5 Å². The normalized spacial score (nSPS) is 10.6. The average Bonchev–Trinajstić information content (AvgIpc) is 2.69.